The average Bonchev–Trinajstić information content (AvgIpc) is 2.64. The predicted octanol–water partition coefficient (Wildman–Crippen LogP) is 3.86. The second-order valence-electron chi connectivity index (χ2n) is 6.45. The topological polar surface area (TPSA) is 58.9 Å². The Bertz CT molecular complexity index is 689. The van der Waals surface area contributed by atoms with Crippen molar-refractivity contribution in [2.45, 2.75) is 37.6 Å². The molecule has 2 aromatic carbocycles. The quantitative estimate of drug-likeness (QED) is 0.847. The molecule has 0 spiro atoms. The van der Waals surface area contributed by atoms with Crippen LogP contribution in [0.5, 0.6) is 5.75 Å². The molecule has 0 amide bonds. The van der Waals surface area contributed by atoms with E-state index in [2.05, 4.69) is 6.07 Å². The monoisotopic (exact) mass is 362 g/mol. The fraction of sp³-hybridized carbons (Fsp3) is 0.400. The number of phenols is 1. The molecule has 3 atom stereocenters. The van der Waals surface area contributed by atoms with Gasteiger partial charge in [-0.05, 0) is 41.3 Å². The van der Waals surface area contributed by atoms with Crippen molar-refractivity contribution >= 4 is 11.6 Å². The highest BCUT2D eigenvalue weighted by molar-refractivity contribution is 6.31. The van der Waals surface area contributed by atoms with Gasteiger partial charge in [-0.1, -0.05) is 35.9 Å². The molecule has 5 heteroatoms. The van der Waals surface area contributed by atoms with Crippen molar-refractivity contribution in [1.82, 2.24) is 0 Å². The first-order chi connectivity index (χ1) is 12.1. The first-order valence-electron chi connectivity index (χ1n) is 8.44. The van der Waals surface area contributed by atoms with Gasteiger partial charge in [0.2, 0.25) is 0 Å². The molecule has 25 heavy (non-hydrogen) atoms. The molecule has 2 aromatic rings. The molecule has 1 aliphatic rings. The summed E-state index contributed by atoms with van der Waals surface area (Å²) in [5, 5.41) is 19.6. The number of halogens is 1. The van der Waals surface area contributed by atoms with Gasteiger partial charge >= 0.3 is 0 Å². The van der Waals surface area contributed by atoms with Crippen molar-refractivity contribution in [3.8, 4) is 5.75 Å². The molecule has 0 bridgehead atoms. The lowest BCUT2D eigenvalue weighted by molar-refractivity contribution is -0.122. The molecule has 1 heterocycles. The van der Waals surface area contributed by atoms with E-state index in [0.29, 0.717) is 17.9 Å². The van der Waals surface area contributed by atoms with Crippen LogP contribution in [0, 0.1) is 0 Å². The van der Waals surface area contributed by atoms with E-state index in [-0.39, 0.29) is 30.7 Å². The van der Waals surface area contributed by atoms with E-state index in [1.807, 2.05) is 24.3 Å². The first kappa shape index (κ1) is 18.2. The Morgan fingerprint density at radius 1 is 1.16 bits per heavy atom. The number of hydrogen-bond donors (Lipinski definition) is 2. The summed E-state index contributed by atoms with van der Waals surface area (Å²) in [5.74, 6) is 0.250. The average molecular weight is 363 g/mol. The minimum absolute atomic E-state index is 0.00961. The fourth-order valence-electron chi connectivity index (χ4n) is 3.26. The Kier molecular flexibility index (Phi) is 5.97. The van der Waals surface area contributed by atoms with Crippen LogP contribution in [-0.4, -0.2) is 36.1 Å². The summed E-state index contributed by atoms with van der Waals surface area (Å²) in [6.45, 7) is -0.00961. The van der Waals surface area contributed by atoms with Gasteiger partial charge in [0.15, 0.2) is 0 Å². The van der Waals surface area contributed by atoms with Gasteiger partial charge in [-0.25, -0.2) is 0 Å². The van der Waals surface area contributed by atoms with Crippen molar-refractivity contribution in [3.63, 3.8) is 0 Å². The Morgan fingerprint density at radius 2 is 1.92 bits per heavy atom. The van der Waals surface area contributed by atoms with E-state index in [9.17, 15) is 10.2 Å². The molecule has 0 radical (unpaired) electrons. The van der Waals surface area contributed by atoms with Crippen molar-refractivity contribution in [2.24, 2.45) is 0 Å². The number of aromatic hydroxyl groups is 1. The molecule has 3 unspecified atom stereocenters. The van der Waals surface area contributed by atoms with Gasteiger partial charge in [-0.15, -0.1) is 0 Å². The van der Waals surface area contributed by atoms with E-state index >= 15 is 0 Å². The van der Waals surface area contributed by atoms with E-state index in [1.165, 1.54) is 0 Å². The third-order valence-electron chi connectivity index (χ3n) is 4.67. The third-order valence-corrected chi connectivity index (χ3v) is 5.04. The zero-order valence-electron chi connectivity index (χ0n) is 14.2. The number of aliphatic hydroxyl groups is 1. The summed E-state index contributed by atoms with van der Waals surface area (Å²) in [6.07, 6.45) is 1.89. The molecule has 1 saturated heterocycles. The highest BCUT2D eigenvalue weighted by Crippen LogP contribution is 2.34. The van der Waals surface area contributed by atoms with Crippen molar-refractivity contribution < 1.29 is 19.7 Å². The molecule has 3 rings (SSSR count). The van der Waals surface area contributed by atoms with E-state index in [1.54, 1.807) is 19.2 Å². The third kappa shape index (κ3) is 4.53. The largest absolute Gasteiger partial charge is 0.508 e. The molecule has 1 aliphatic heterocycles. The number of methoxy groups -OCH3 is 1. The zero-order valence-corrected chi connectivity index (χ0v) is 14.9. The van der Waals surface area contributed by atoms with Gasteiger partial charge in [-0.3, -0.25) is 0 Å². The predicted molar refractivity (Wildman–Crippen MR) is 97.1 cm³/mol. The van der Waals surface area contributed by atoms with Gasteiger partial charge < -0.3 is 19.7 Å². The normalized spacial score (nSPS) is 23.6. The summed E-state index contributed by atoms with van der Waals surface area (Å²) in [5.41, 5.74) is 3.12. The minimum atomic E-state index is -0.208. The number of hydrogen-bond acceptors (Lipinski definition) is 4. The Labute approximate surface area is 153 Å². The Hall–Kier alpha value is -1.59. The molecular weight excluding hydrogens is 340 g/mol. The van der Waals surface area contributed by atoms with Gasteiger partial charge in [0.05, 0.1) is 24.9 Å². The van der Waals surface area contributed by atoms with Gasteiger partial charge in [0.1, 0.15) is 5.75 Å². The van der Waals surface area contributed by atoms with Crippen LogP contribution in [0.25, 0.3) is 0 Å². The Balaban J connectivity index is 1.81. The molecule has 1 fully saturated rings. The highest BCUT2D eigenvalue weighted by atomic mass is 35.5. The summed E-state index contributed by atoms with van der Waals surface area (Å²) >= 11 is 6.37. The fourth-order valence-corrected chi connectivity index (χ4v) is 3.44. The summed E-state index contributed by atoms with van der Waals surface area (Å²) in [7, 11) is 1.69. The number of rotatable bonds is 5. The van der Waals surface area contributed by atoms with E-state index in [4.69, 9.17) is 21.1 Å². The minimum Gasteiger partial charge on any atom is -0.508 e. The van der Waals surface area contributed by atoms with Crippen molar-refractivity contribution in [3.05, 3.63) is 64.2 Å². The van der Waals surface area contributed by atoms with Crippen LogP contribution >= 0.6 is 11.6 Å². The molecule has 4 nitrogen and oxygen atoms in total. The molecule has 0 saturated carbocycles. The number of phenolic OH excluding ortho intramolecular Hbond substituents is 1. The van der Waals surface area contributed by atoms with Crippen LogP contribution in [0.4, 0.5) is 0 Å². The lowest BCUT2D eigenvalue weighted by Gasteiger charge is -2.34. The lowest BCUT2D eigenvalue weighted by Crippen LogP contribution is -2.34. The Morgan fingerprint density at radius 3 is 2.60 bits per heavy atom. The van der Waals surface area contributed by atoms with Crippen LogP contribution in [0.15, 0.2) is 42.5 Å². The molecule has 0 aromatic heterocycles. The first-order valence-corrected chi connectivity index (χ1v) is 8.82. The second-order valence-corrected chi connectivity index (χ2v) is 6.86. The van der Waals surface area contributed by atoms with E-state index < -0.39 is 0 Å². The molecule has 134 valence electrons. The molecule has 0 aliphatic carbocycles. The maximum Gasteiger partial charge on any atom is 0.115 e. The molecule has 2 N–H and O–H groups in total. The van der Waals surface area contributed by atoms with E-state index in [0.717, 1.165) is 23.1 Å². The molecular formula is C20H23ClO4. The van der Waals surface area contributed by atoms with Crippen LogP contribution in [0.1, 0.15) is 35.6 Å². The van der Waals surface area contributed by atoms with Gasteiger partial charge in [0, 0.05) is 25.0 Å². The maximum absolute atomic E-state index is 9.46. The van der Waals surface area contributed by atoms with Crippen LogP contribution in [0.3, 0.4) is 0 Å². The number of ether oxygens (including phenoxy) is 2. The van der Waals surface area contributed by atoms with Gasteiger partial charge in [0.25, 0.3) is 0 Å². The summed E-state index contributed by atoms with van der Waals surface area (Å²) < 4.78 is 11.5. The SMILES string of the molecule is COC1CC(CO)OC(c2ccc(Cl)c(Cc3ccc(O)cc3)c2)C1. The van der Waals surface area contributed by atoms with Crippen molar-refractivity contribution in [2.75, 3.05) is 13.7 Å². The van der Waals surface area contributed by atoms with Crippen LogP contribution in [-0.2, 0) is 15.9 Å². The van der Waals surface area contributed by atoms with Crippen LogP contribution < -0.4 is 0 Å². The summed E-state index contributed by atoms with van der Waals surface area (Å²) in [6, 6.07) is 13.0. The van der Waals surface area contributed by atoms with Crippen molar-refractivity contribution in [1.29, 1.82) is 0 Å². The number of aliphatic hydroxyl groups excluding tert-OH is 1. The number of benzene rings is 2. The maximum atomic E-state index is 9.46. The second kappa shape index (κ2) is 8.19. The summed E-state index contributed by atoms with van der Waals surface area (Å²) in [4.78, 5) is 0. The standard InChI is InChI=1S/C20H23ClO4/c1-24-17-10-18(12-22)25-20(11-17)14-4-7-19(21)15(9-14)8-13-2-5-16(23)6-3-13/h2-7,9,17-18,20,22-23H,8,10-12H2,1H3. The highest BCUT2D eigenvalue weighted by Gasteiger charge is 2.30. The van der Waals surface area contributed by atoms with Gasteiger partial charge in [-0.2, -0.15) is 0 Å². The van der Waals surface area contributed by atoms with Crippen LogP contribution in [0.2, 0.25) is 5.02 Å². The zero-order chi connectivity index (χ0) is 17.8. The lowest BCUT2D eigenvalue weighted by atomic mass is 9.94. The smallest absolute Gasteiger partial charge is 0.115 e.